The highest BCUT2D eigenvalue weighted by molar-refractivity contribution is 6.12. The first kappa shape index (κ1) is 14.1. The van der Waals surface area contributed by atoms with Gasteiger partial charge in [-0.25, -0.2) is 9.67 Å². The van der Waals surface area contributed by atoms with E-state index in [1.165, 1.54) is 19.5 Å². The fourth-order valence-corrected chi connectivity index (χ4v) is 2.33. The summed E-state index contributed by atoms with van der Waals surface area (Å²) in [4.78, 5) is 16.8. The fraction of sp³-hybridized carbons (Fsp3) is 0.188. The monoisotopic (exact) mass is 297 g/mol. The summed E-state index contributed by atoms with van der Waals surface area (Å²) in [6.45, 7) is 2.57. The minimum atomic E-state index is -0.310. The molecule has 6 nitrogen and oxygen atoms in total. The lowest BCUT2D eigenvalue weighted by molar-refractivity contribution is 0.103. The highest BCUT2D eigenvalue weighted by Gasteiger charge is 2.19. The Kier molecular flexibility index (Phi) is 3.50. The Morgan fingerprint density at radius 1 is 1.36 bits per heavy atom. The Bertz CT molecular complexity index is 855. The number of carbonyl (C=O) groups is 1. The number of ether oxygens (including phenoxy) is 1. The molecule has 1 aromatic carbocycles. The van der Waals surface area contributed by atoms with Crippen molar-refractivity contribution >= 4 is 16.8 Å². The molecule has 0 aliphatic rings. The van der Waals surface area contributed by atoms with Crippen LogP contribution in [-0.2, 0) is 6.54 Å². The van der Waals surface area contributed by atoms with Gasteiger partial charge < -0.3 is 9.84 Å². The van der Waals surface area contributed by atoms with E-state index in [4.69, 9.17) is 4.74 Å². The molecular formula is C16H15N3O3. The maximum atomic E-state index is 12.6. The van der Waals surface area contributed by atoms with Crippen molar-refractivity contribution in [3.05, 3.63) is 47.8 Å². The lowest BCUT2D eigenvalue weighted by Crippen LogP contribution is -2.04. The van der Waals surface area contributed by atoms with Crippen LogP contribution in [0.5, 0.6) is 11.5 Å². The topological polar surface area (TPSA) is 77.2 Å². The molecule has 0 amide bonds. The molecule has 0 unspecified atom stereocenters. The first-order valence-corrected chi connectivity index (χ1v) is 6.88. The maximum absolute atomic E-state index is 12.6. The van der Waals surface area contributed by atoms with E-state index < -0.39 is 0 Å². The number of methoxy groups -OCH3 is 1. The number of carbonyl (C=O) groups excluding carboxylic acids is 1. The number of ketones is 1. The number of rotatable bonds is 4. The van der Waals surface area contributed by atoms with E-state index in [0.717, 1.165) is 0 Å². The number of aromatic hydroxyl groups is 1. The molecule has 0 bridgehead atoms. The molecule has 3 aromatic rings. The highest BCUT2D eigenvalue weighted by Crippen LogP contribution is 2.29. The maximum Gasteiger partial charge on any atom is 0.198 e. The van der Waals surface area contributed by atoms with Gasteiger partial charge in [-0.05, 0) is 19.1 Å². The van der Waals surface area contributed by atoms with E-state index in [2.05, 4.69) is 10.1 Å². The van der Waals surface area contributed by atoms with Crippen molar-refractivity contribution in [2.75, 3.05) is 7.11 Å². The zero-order valence-corrected chi connectivity index (χ0v) is 12.3. The van der Waals surface area contributed by atoms with Gasteiger partial charge in [0.1, 0.15) is 11.5 Å². The van der Waals surface area contributed by atoms with Crippen molar-refractivity contribution in [1.29, 1.82) is 0 Å². The second kappa shape index (κ2) is 5.48. The predicted molar refractivity (Wildman–Crippen MR) is 81.3 cm³/mol. The van der Waals surface area contributed by atoms with Gasteiger partial charge in [0.25, 0.3) is 0 Å². The second-order valence-corrected chi connectivity index (χ2v) is 4.78. The molecule has 0 radical (unpaired) electrons. The average molecular weight is 297 g/mol. The summed E-state index contributed by atoms with van der Waals surface area (Å²) in [5.41, 5.74) is 1.14. The van der Waals surface area contributed by atoms with Gasteiger partial charge in [0.05, 0.1) is 24.3 Å². The minimum Gasteiger partial charge on any atom is -0.506 e. The van der Waals surface area contributed by atoms with E-state index >= 15 is 0 Å². The first-order valence-electron chi connectivity index (χ1n) is 6.88. The van der Waals surface area contributed by atoms with Crippen LogP contribution in [-0.4, -0.2) is 32.8 Å². The third-order valence-electron chi connectivity index (χ3n) is 3.51. The molecule has 0 spiro atoms. The Hall–Kier alpha value is -2.89. The van der Waals surface area contributed by atoms with Crippen LogP contribution in [0.3, 0.4) is 0 Å². The summed E-state index contributed by atoms with van der Waals surface area (Å²) in [6.07, 6.45) is 2.90. The van der Waals surface area contributed by atoms with Gasteiger partial charge in [0.2, 0.25) is 0 Å². The largest absolute Gasteiger partial charge is 0.506 e. The number of aryl methyl sites for hydroxylation is 1. The predicted octanol–water partition coefficient (Wildman–Crippen LogP) is 2.40. The van der Waals surface area contributed by atoms with Crippen LogP contribution in [0, 0.1) is 0 Å². The van der Waals surface area contributed by atoms with E-state index in [1.54, 1.807) is 28.9 Å². The zero-order chi connectivity index (χ0) is 15.7. The van der Waals surface area contributed by atoms with Gasteiger partial charge in [-0.3, -0.25) is 4.79 Å². The van der Waals surface area contributed by atoms with E-state index in [-0.39, 0.29) is 17.1 Å². The first-order chi connectivity index (χ1) is 10.7. The van der Waals surface area contributed by atoms with Crippen molar-refractivity contribution in [3.8, 4) is 11.5 Å². The number of fused-ring (bicyclic) bond motifs is 1. The van der Waals surface area contributed by atoms with Crippen molar-refractivity contribution < 1.29 is 14.6 Å². The Morgan fingerprint density at radius 3 is 2.91 bits per heavy atom. The van der Waals surface area contributed by atoms with Crippen LogP contribution in [0.1, 0.15) is 22.8 Å². The SMILES string of the molecule is CCn1ncc2c(O)c(C(=O)c3cccc(OC)c3)cnc21. The van der Waals surface area contributed by atoms with Crippen LogP contribution in [0.15, 0.2) is 36.7 Å². The second-order valence-electron chi connectivity index (χ2n) is 4.78. The standard InChI is InChI=1S/C16H15N3O3/c1-3-19-16-13(9-18-19)15(21)12(8-17-16)14(20)10-5-4-6-11(7-10)22-2/h4-9H,3H2,1-2H3,(H,17,21). The lowest BCUT2D eigenvalue weighted by atomic mass is 10.0. The summed E-state index contributed by atoms with van der Waals surface area (Å²) in [7, 11) is 1.54. The van der Waals surface area contributed by atoms with Crippen molar-refractivity contribution in [3.63, 3.8) is 0 Å². The smallest absolute Gasteiger partial charge is 0.198 e. The summed E-state index contributed by atoms with van der Waals surface area (Å²) in [6, 6.07) is 6.78. The fourth-order valence-electron chi connectivity index (χ4n) is 2.33. The normalized spacial score (nSPS) is 10.8. The van der Waals surface area contributed by atoms with Crippen LogP contribution in [0.2, 0.25) is 0 Å². The lowest BCUT2D eigenvalue weighted by Gasteiger charge is -2.06. The Labute approximate surface area is 127 Å². The van der Waals surface area contributed by atoms with Gasteiger partial charge in [-0.1, -0.05) is 12.1 Å². The van der Waals surface area contributed by atoms with E-state index in [9.17, 15) is 9.90 Å². The summed E-state index contributed by atoms with van der Waals surface area (Å²) < 4.78 is 6.78. The molecule has 22 heavy (non-hydrogen) atoms. The highest BCUT2D eigenvalue weighted by atomic mass is 16.5. The van der Waals surface area contributed by atoms with Gasteiger partial charge in [-0.2, -0.15) is 5.10 Å². The number of benzene rings is 1. The van der Waals surface area contributed by atoms with Gasteiger partial charge in [0.15, 0.2) is 11.4 Å². The molecule has 1 N–H and O–H groups in total. The summed E-state index contributed by atoms with van der Waals surface area (Å²) >= 11 is 0. The van der Waals surface area contributed by atoms with Crippen molar-refractivity contribution in [1.82, 2.24) is 14.8 Å². The quantitative estimate of drug-likeness (QED) is 0.748. The van der Waals surface area contributed by atoms with Gasteiger partial charge in [0, 0.05) is 18.3 Å². The molecule has 112 valence electrons. The molecule has 0 atom stereocenters. The average Bonchev–Trinajstić information content (AvgIpc) is 2.98. The van der Waals surface area contributed by atoms with Crippen molar-refractivity contribution in [2.24, 2.45) is 0 Å². The Balaban J connectivity index is 2.09. The van der Waals surface area contributed by atoms with Gasteiger partial charge in [-0.15, -0.1) is 0 Å². The molecule has 2 aromatic heterocycles. The molecule has 0 saturated carbocycles. The summed E-state index contributed by atoms with van der Waals surface area (Å²) in [5, 5.41) is 15.0. The minimum absolute atomic E-state index is 0.0995. The van der Waals surface area contributed by atoms with E-state index in [0.29, 0.717) is 28.9 Å². The Morgan fingerprint density at radius 2 is 2.18 bits per heavy atom. The van der Waals surface area contributed by atoms with Crippen LogP contribution in [0.25, 0.3) is 11.0 Å². The zero-order valence-electron chi connectivity index (χ0n) is 12.3. The number of hydrogen-bond donors (Lipinski definition) is 1. The van der Waals surface area contributed by atoms with Crippen LogP contribution < -0.4 is 4.74 Å². The molecule has 0 fully saturated rings. The number of nitrogens with zero attached hydrogens (tertiary/aromatic N) is 3. The molecule has 0 aliphatic carbocycles. The molecule has 6 heteroatoms. The third kappa shape index (κ3) is 2.18. The van der Waals surface area contributed by atoms with Crippen molar-refractivity contribution in [2.45, 2.75) is 13.5 Å². The molecule has 3 rings (SSSR count). The summed E-state index contributed by atoms with van der Waals surface area (Å²) in [5.74, 6) is 0.172. The number of hydrogen-bond acceptors (Lipinski definition) is 5. The number of aromatic nitrogens is 3. The van der Waals surface area contributed by atoms with Gasteiger partial charge >= 0.3 is 0 Å². The molecule has 2 heterocycles. The van der Waals surface area contributed by atoms with Crippen LogP contribution in [0.4, 0.5) is 0 Å². The molecule has 0 saturated heterocycles. The molecule has 0 aliphatic heterocycles. The third-order valence-corrected chi connectivity index (χ3v) is 3.51. The van der Waals surface area contributed by atoms with E-state index in [1.807, 2.05) is 6.92 Å². The number of pyridine rings is 1. The van der Waals surface area contributed by atoms with Crippen LogP contribution >= 0.6 is 0 Å². The molecular weight excluding hydrogens is 282 g/mol.